The SMILES string of the molecule is CC[C@H](C(=O)N[C@@H](C)C(C)C)N(c1cc(C)cc(C)c1)S(C)(=O)=O. The van der Waals surface area contributed by atoms with E-state index in [0.717, 1.165) is 17.4 Å². The maximum atomic E-state index is 12.7. The van der Waals surface area contributed by atoms with Crippen molar-refractivity contribution in [2.45, 2.75) is 60.0 Å². The molecule has 0 saturated heterocycles. The highest BCUT2D eigenvalue weighted by atomic mass is 32.2. The lowest BCUT2D eigenvalue weighted by Crippen LogP contribution is -2.52. The smallest absolute Gasteiger partial charge is 0.244 e. The molecular formula is C18H30N2O3S. The lowest BCUT2D eigenvalue weighted by atomic mass is 10.1. The summed E-state index contributed by atoms with van der Waals surface area (Å²) in [6, 6.07) is 4.80. The Balaban J connectivity index is 3.30. The van der Waals surface area contributed by atoms with Gasteiger partial charge in [-0.3, -0.25) is 9.10 Å². The van der Waals surface area contributed by atoms with Crippen LogP contribution in [0.4, 0.5) is 5.69 Å². The van der Waals surface area contributed by atoms with Crippen LogP contribution in [0.25, 0.3) is 0 Å². The number of carbonyl (C=O) groups is 1. The molecule has 0 aliphatic rings. The fraction of sp³-hybridized carbons (Fsp3) is 0.611. The number of nitrogens with one attached hydrogen (secondary N) is 1. The van der Waals surface area contributed by atoms with E-state index in [-0.39, 0.29) is 17.9 Å². The molecule has 0 saturated carbocycles. The van der Waals surface area contributed by atoms with Crippen molar-refractivity contribution < 1.29 is 13.2 Å². The van der Waals surface area contributed by atoms with E-state index in [2.05, 4.69) is 5.32 Å². The van der Waals surface area contributed by atoms with Gasteiger partial charge in [0.1, 0.15) is 6.04 Å². The Kier molecular flexibility index (Phi) is 6.84. The topological polar surface area (TPSA) is 66.5 Å². The minimum absolute atomic E-state index is 0.0211. The van der Waals surface area contributed by atoms with Crippen LogP contribution in [-0.4, -0.2) is 32.7 Å². The van der Waals surface area contributed by atoms with E-state index in [4.69, 9.17) is 0 Å². The molecule has 1 aromatic carbocycles. The highest BCUT2D eigenvalue weighted by Gasteiger charge is 2.32. The van der Waals surface area contributed by atoms with Gasteiger partial charge in [-0.25, -0.2) is 8.42 Å². The molecule has 0 aromatic heterocycles. The van der Waals surface area contributed by atoms with Crippen LogP contribution in [0.5, 0.6) is 0 Å². The van der Waals surface area contributed by atoms with Gasteiger partial charge in [0.05, 0.1) is 11.9 Å². The number of carbonyl (C=O) groups excluding carboxylic acids is 1. The minimum atomic E-state index is -3.59. The summed E-state index contributed by atoms with van der Waals surface area (Å²) in [5.41, 5.74) is 2.46. The Labute approximate surface area is 146 Å². The van der Waals surface area contributed by atoms with Gasteiger partial charge in [0, 0.05) is 6.04 Å². The summed E-state index contributed by atoms with van der Waals surface area (Å²) in [5, 5.41) is 2.94. The maximum absolute atomic E-state index is 12.7. The van der Waals surface area contributed by atoms with Crippen molar-refractivity contribution in [1.29, 1.82) is 0 Å². The maximum Gasteiger partial charge on any atom is 0.244 e. The van der Waals surface area contributed by atoms with Gasteiger partial charge in [-0.2, -0.15) is 0 Å². The number of nitrogens with zero attached hydrogens (tertiary/aromatic N) is 1. The molecular weight excluding hydrogens is 324 g/mol. The fourth-order valence-electron chi connectivity index (χ4n) is 2.63. The van der Waals surface area contributed by atoms with Crippen LogP contribution in [0.15, 0.2) is 18.2 Å². The number of anilines is 1. The molecule has 1 amide bonds. The van der Waals surface area contributed by atoms with E-state index in [9.17, 15) is 13.2 Å². The number of aryl methyl sites for hydroxylation is 2. The van der Waals surface area contributed by atoms with Crippen molar-refractivity contribution in [1.82, 2.24) is 5.32 Å². The third-order valence-electron chi connectivity index (χ3n) is 4.16. The van der Waals surface area contributed by atoms with E-state index >= 15 is 0 Å². The van der Waals surface area contributed by atoms with E-state index in [1.807, 2.05) is 47.6 Å². The first-order valence-corrected chi connectivity index (χ1v) is 10.2. The average Bonchev–Trinajstić information content (AvgIpc) is 2.41. The van der Waals surface area contributed by atoms with E-state index < -0.39 is 16.1 Å². The molecule has 136 valence electrons. The van der Waals surface area contributed by atoms with Crippen LogP contribution in [0.2, 0.25) is 0 Å². The van der Waals surface area contributed by atoms with E-state index in [1.165, 1.54) is 4.31 Å². The van der Waals surface area contributed by atoms with Crippen LogP contribution in [0, 0.1) is 19.8 Å². The molecule has 0 aliphatic carbocycles. The summed E-state index contributed by atoms with van der Waals surface area (Å²) in [6.45, 7) is 11.6. The molecule has 0 heterocycles. The number of hydrogen-bond acceptors (Lipinski definition) is 3. The lowest BCUT2D eigenvalue weighted by Gasteiger charge is -2.32. The number of amides is 1. The van der Waals surface area contributed by atoms with Crippen LogP contribution >= 0.6 is 0 Å². The first-order valence-electron chi connectivity index (χ1n) is 8.35. The highest BCUT2D eigenvalue weighted by molar-refractivity contribution is 7.92. The highest BCUT2D eigenvalue weighted by Crippen LogP contribution is 2.25. The zero-order valence-corrected chi connectivity index (χ0v) is 16.6. The van der Waals surface area contributed by atoms with Crippen molar-refractivity contribution >= 4 is 21.6 Å². The second-order valence-electron chi connectivity index (χ2n) is 6.87. The molecule has 0 fully saturated rings. The fourth-order valence-corrected chi connectivity index (χ4v) is 3.82. The number of benzene rings is 1. The van der Waals surface area contributed by atoms with Gasteiger partial charge in [-0.1, -0.05) is 26.8 Å². The van der Waals surface area contributed by atoms with Crippen LogP contribution in [-0.2, 0) is 14.8 Å². The van der Waals surface area contributed by atoms with E-state index in [0.29, 0.717) is 12.1 Å². The lowest BCUT2D eigenvalue weighted by molar-refractivity contribution is -0.123. The van der Waals surface area contributed by atoms with Crippen molar-refractivity contribution in [2.75, 3.05) is 10.6 Å². The van der Waals surface area contributed by atoms with Crippen LogP contribution in [0.1, 0.15) is 45.2 Å². The molecule has 1 rings (SSSR count). The second kappa shape index (κ2) is 8.01. The molecule has 0 unspecified atom stereocenters. The summed E-state index contributed by atoms with van der Waals surface area (Å²) in [4.78, 5) is 12.7. The molecule has 2 atom stereocenters. The number of hydrogen-bond donors (Lipinski definition) is 1. The largest absolute Gasteiger partial charge is 0.352 e. The van der Waals surface area contributed by atoms with Gasteiger partial charge >= 0.3 is 0 Å². The van der Waals surface area contributed by atoms with Crippen LogP contribution in [0.3, 0.4) is 0 Å². The molecule has 0 bridgehead atoms. The van der Waals surface area contributed by atoms with Crippen molar-refractivity contribution in [3.63, 3.8) is 0 Å². The summed E-state index contributed by atoms with van der Waals surface area (Å²) < 4.78 is 26.1. The number of rotatable bonds is 7. The van der Waals surface area contributed by atoms with Crippen molar-refractivity contribution in [3.8, 4) is 0 Å². The van der Waals surface area contributed by atoms with Gasteiger partial charge in [0.2, 0.25) is 15.9 Å². The van der Waals surface area contributed by atoms with Gasteiger partial charge in [-0.15, -0.1) is 0 Å². The normalized spacial score (nSPS) is 14.3. The average molecular weight is 355 g/mol. The molecule has 6 heteroatoms. The Morgan fingerprint density at radius 3 is 2.00 bits per heavy atom. The summed E-state index contributed by atoms with van der Waals surface area (Å²) in [6.07, 6.45) is 1.54. The van der Waals surface area contributed by atoms with Gasteiger partial charge in [-0.05, 0) is 56.4 Å². The Hall–Kier alpha value is -1.56. The van der Waals surface area contributed by atoms with Crippen LogP contribution < -0.4 is 9.62 Å². The van der Waals surface area contributed by atoms with Crippen molar-refractivity contribution in [3.05, 3.63) is 29.3 Å². The van der Waals surface area contributed by atoms with Gasteiger partial charge in [0.25, 0.3) is 0 Å². The molecule has 0 radical (unpaired) electrons. The third-order valence-corrected chi connectivity index (χ3v) is 5.34. The Morgan fingerprint density at radius 1 is 1.12 bits per heavy atom. The summed E-state index contributed by atoms with van der Waals surface area (Å²) in [5.74, 6) is 0.0163. The van der Waals surface area contributed by atoms with Gasteiger partial charge in [0.15, 0.2) is 0 Å². The second-order valence-corrected chi connectivity index (χ2v) is 8.73. The summed E-state index contributed by atoms with van der Waals surface area (Å²) in [7, 11) is -3.59. The zero-order valence-electron chi connectivity index (χ0n) is 15.8. The molecule has 1 N–H and O–H groups in total. The summed E-state index contributed by atoms with van der Waals surface area (Å²) >= 11 is 0. The molecule has 5 nitrogen and oxygen atoms in total. The monoisotopic (exact) mass is 354 g/mol. The number of sulfonamides is 1. The molecule has 0 aliphatic heterocycles. The zero-order chi connectivity index (χ0) is 18.7. The van der Waals surface area contributed by atoms with E-state index in [1.54, 1.807) is 12.1 Å². The molecule has 1 aromatic rings. The first kappa shape index (κ1) is 20.5. The minimum Gasteiger partial charge on any atom is -0.352 e. The van der Waals surface area contributed by atoms with Crippen molar-refractivity contribution in [2.24, 2.45) is 5.92 Å². The predicted octanol–water partition coefficient (Wildman–Crippen LogP) is 3.01. The third kappa shape index (κ3) is 5.23. The molecule has 0 spiro atoms. The van der Waals surface area contributed by atoms with Gasteiger partial charge < -0.3 is 5.32 Å². The quantitative estimate of drug-likeness (QED) is 0.818. The standard InChI is InChI=1S/C18H30N2O3S/c1-8-17(18(21)19-15(6)12(2)3)20(24(7,22)23)16-10-13(4)9-14(5)11-16/h9-12,15,17H,8H2,1-7H3,(H,19,21)/t15-,17+/m0/s1. The predicted molar refractivity (Wildman–Crippen MR) is 99.8 cm³/mol. The Morgan fingerprint density at radius 2 is 1.62 bits per heavy atom. The molecule has 24 heavy (non-hydrogen) atoms. The Bertz CT molecular complexity index is 663. The first-order chi connectivity index (χ1) is 11.0.